The van der Waals surface area contributed by atoms with Gasteiger partial charge in [0.15, 0.2) is 0 Å². The second-order valence-electron chi connectivity index (χ2n) is 4.45. The minimum Gasteiger partial charge on any atom is -0.450 e. The normalized spacial score (nSPS) is 10.4. The minimum atomic E-state index is -0.340. The lowest BCUT2D eigenvalue weighted by Gasteiger charge is -2.09. The van der Waals surface area contributed by atoms with E-state index in [1.807, 2.05) is 32.0 Å². The molecule has 0 heterocycles. The zero-order valence-corrected chi connectivity index (χ0v) is 11.1. The molecule has 0 saturated carbocycles. The molecular formula is C14H22N2O2. The van der Waals surface area contributed by atoms with Crippen LogP contribution in [0.25, 0.3) is 0 Å². The van der Waals surface area contributed by atoms with Crippen molar-refractivity contribution >= 4 is 6.09 Å². The Bertz CT molecular complexity index is 339. The van der Waals surface area contributed by atoms with E-state index in [9.17, 15) is 4.79 Å². The van der Waals surface area contributed by atoms with Gasteiger partial charge >= 0.3 is 6.09 Å². The molecule has 0 unspecified atom stereocenters. The molecule has 1 aromatic carbocycles. The summed E-state index contributed by atoms with van der Waals surface area (Å²) in [6.45, 7) is 5.94. The molecule has 0 aliphatic carbocycles. The van der Waals surface area contributed by atoms with Crippen molar-refractivity contribution in [1.29, 1.82) is 0 Å². The van der Waals surface area contributed by atoms with Gasteiger partial charge in [-0.15, -0.1) is 0 Å². The minimum absolute atomic E-state index is 0.119. The SMILES string of the molecule is CC(C)NC(=O)OCCCNCc1ccccc1. The zero-order chi connectivity index (χ0) is 13.2. The maximum Gasteiger partial charge on any atom is 0.407 e. The van der Waals surface area contributed by atoms with Gasteiger partial charge < -0.3 is 15.4 Å². The number of ether oxygens (including phenoxy) is 1. The van der Waals surface area contributed by atoms with Crippen molar-refractivity contribution in [2.75, 3.05) is 13.2 Å². The van der Waals surface area contributed by atoms with Gasteiger partial charge in [0, 0.05) is 12.6 Å². The van der Waals surface area contributed by atoms with Gasteiger partial charge in [0.1, 0.15) is 0 Å². The quantitative estimate of drug-likeness (QED) is 0.730. The highest BCUT2D eigenvalue weighted by Crippen LogP contribution is 1.97. The van der Waals surface area contributed by atoms with Crippen LogP contribution in [0.1, 0.15) is 25.8 Å². The number of nitrogens with one attached hydrogen (secondary N) is 2. The average molecular weight is 250 g/mol. The number of hydrogen-bond donors (Lipinski definition) is 2. The predicted octanol–water partition coefficient (Wildman–Crippen LogP) is 2.30. The lowest BCUT2D eigenvalue weighted by Crippen LogP contribution is -2.31. The van der Waals surface area contributed by atoms with Crippen LogP contribution in [0.5, 0.6) is 0 Å². The van der Waals surface area contributed by atoms with E-state index in [0.29, 0.717) is 6.61 Å². The van der Waals surface area contributed by atoms with E-state index in [1.54, 1.807) is 0 Å². The standard InChI is InChI=1S/C14H22N2O2/c1-12(2)16-14(17)18-10-6-9-15-11-13-7-4-3-5-8-13/h3-5,7-8,12,15H,6,9-11H2,1-2H3,(H,16,17). The lowest BCUT2D eigenvalue weighted by molar-refractivity contribution is 0.142. The summed E-state index contributed by atoms with van der Waals surface area (Å²) in [5.41, 5.74) is 1.26. The van der Waals surface area contributed by atoms with Gasteiger partial charge in [-0.2, -0.15) is 0 Å². The Morgan fingerprint density at radius 3 is 2.67 bits per heavy atom. The maximum atomic E-state index is 11.2. The number of benzene rings is 1. The summed E-state index contributed by atoms with van der Waals surface area (Å²) in [5, 5.41) is 5.98. The van der Waals surface area contributed by atoms with Crippen LogP contribution in [0.2, 0.25) is 0 Å². The predicted molar refractivity (Wildman–Crippen MR) is 72.4 cm³/mol. The molecular weight excluding hydrogens is 228 g/mol. The summed E-state index contributed by atoms with van der Waals surface area (Å²) >= 11 is 0. The largest absolute Gasteiger partial charge is 0.450 e. The number of alkyl carbamates (subject to hydrolysis) is 1. The van der Waals surface area contributed by atoms with E-state index < -0.39 is 0 Å². The van der Waals surface area contributed by atoms with Crippen molar-refractivity contribution in [3.8, 4) is 0 Å². The van der Waals surface area contributed by atoms with E-state index in [4.69, 9.17) is 4.74 Å². The third-order valence-corrected chi connectivity index (χ3v) is 2.31. The molecule has 100 valence electrons. The van der Waals surface area contributed by atoms with E-state index in [0.717, 1.165) is 19.5 Å². The third-order valence-electron chi connectivity index (χ3n) is 2.31. The Hall–Kier alpha value is -1.55. The van der Waals surface area contributed by atoms with Crippen LogP contribution < -0.4 is 10.6 Å². The van der Waals surface area contributed by atoms with E-state index in [-0.39, 0.29) is 12.1 Å². The summed E-state index contributed by atoms with van der Waals surface area (Å²) in [5.74, 6) is 0. The number of hydrogen-bond acceptors (Lipinski definition) is 3. The second-order valence-corrected chi connectivity index (χ2v) is 4.45. The molecule has 0 fully saturated rings. The van der Waals surface area contributed by atoms with Crippen LogP contribution in [0.15, 0.2) is 30.3 Å². The molecule has 0 saturated heterocycles. The van der Waals surface area contributed by atoms with Gasteiger partial charge in [-0.1, -0.05) is 30.3 Å². The molecule has 0 bridgehead atoms. The molecule has 0 spiro atoms. The molecule has 4 heteroatoms. The van der Waals surface area contributed by atoms with Gasteiger partial charge in [0.05, 0.1) is 6.61 Å². The maximum absolute atomic E-state index is 11.2. The second kappa shape index (κ2) is 8.53. The van der Waals surface area contributed by atoms with E-state index >= 15 is 0 Å². The highest BCUT2D eigenvalue weighted by atomic mass is 16.5. The molecule has 0 aliphatic rings. The molecule has 0 radical (unpaired) electrons. The lowest BCUT2D eigenvalue weighted by atomic mass is 10.2. The fraction of sp³-hybridized carbons (Fsp3) is 0.500. The average Bonchev–Trinajstić information content (AvgIpc) is 2.34. The Labute approximate surface area is 109 Å². The summed E-state index contributed by atoms with van der Waals surface area (Å²) in [7, 11) is 0. The van der Waals surface area contributed by atoms with Crippen molar-refractivity contribution in [2.24, 2.45) is 0 Å². The van der Waals surface area contributed by atoms with Crippen molar-refractivity contribution < 1.29 is 9.53 Å². The summed E-state index contributed by atoms with van der Waals surface area (Å²) < 4.78 is 5.02. The number of rotatable bonds is 7. The van der Waals surface area contributed by atoms with Gasteiger partial charge in [0.2, 0.25) is 0 Å². The molecule has 0 aromatic heterocycles. The third kappa shape index (κ3) is 6.91. The smallest absolute Gasteiger partial charge is 0.407 e. The number of carbonyl (C=O) groups is 1. The molecule has 1 rings (SSSR count). The molecule has 18 heavy (non-hydrogen) atoms. The van der Waals surface area contributed by atoms with E-state index in [2.05, 4.69) is 22.8 Å². The highest BCUT2D eigenvalue weighted by Gasteiger charge is 2.02. The van der Waals surface area contributed by atoms with Crippen molar-refractivity contribution in [1.82, 2.24) is 10.6 Å². The van der Waals surface area contributed by atoms with Gasteiger partial charge in [-0.05, 0) is 32.4 Å². The number of amides is 1. The topological polar surface area (TPSA) is 50.4 Å². The van der Waals surface area contributed by atoms with Crippen LogP contribution in [-0.4, -0.2) is 25.3 Å². The monoisotopic (exact) mass is 250 g/mol. The molecule has 1 aromatic rings. The van der Waals surface area contributed by atoms with Crippen LogP contribution in [-0.2, 0) is 11.3 Å². The van der Waals surface area contributed by atoms with Gasteiger partial charge in [-0.3, -0.25) is 0 Å². The first-order chi connectivity index (χ1) is 8.68. The molecule has 2 N–H and O–H groups in total. The van der Waals surface area contributed by atoms with Crippen molar-refractivity contribution in [2.45, 2.75) is 32.9 Å². The van der Waals surface area contributed by atoms with E-state index in [1.165, 1.54) is 5.56 Å². The van der Waals surface area contributed by atoms with Crippen LogP contribution >= 0.6 is 0 Å². The Morgan fingerprint density at radius 2 is 2.00 bits per heavy atom. The highest BCUT2D eigenvalue weighted by molar-refractivity contribution is 5.67. The van der Waals surface area contributed by atoms with Crippen molar-refractivity contribution in [3.05, 3.63) is 35.9 Å². The first kappa shape index (κ1) is 14.5. The van der Waals surface area contributed by atoms with Crippen LogP contribution in [0, 0.1) is 0 Å². The Morgan fingerprint density at radius 1 is 1.28 bits per heavy atom. The Balaban J connectivity index is 1.98. The van der Waals surface area contributed by atoms with Crippen LogP contribution in [0.4, 0.5) is 4.79 Å². The molecule has 0 atom stereocenters. The Kier molecular flexibility index (Phi) is 6.87. The van der Waals surface area contributed by atoms with Crippen LogP contribution in [0.3, 0.4) is 0 Å². The van der Waals surface area contributed by atoms with Crippen molar-refractivity contribution in [3.63, 3.8) is 0 Å². The van der Waals surface area contributed by atoms with Gasteiger partial charge in [-0.25, -0.2) is 4.79 Å². The molecule has 0 aliphatic heterocycles. The number of carbonyl (C=O) groups excluding carboxylic acids is 1. The fourth-order valence-electron chi connectivity index (χ4n) is 1.47. The molecule has 1 amide bonds. The summed E-state index contributed by atoms with van der Waals surface area (Å²) in [6.07, 6.45) is 0.478. The first-order valence-corrected chi connectivity index (χ1v) is 6.36. The van der Waals surface area contributed by atoms with Gasteiger partial charge in [0.25, 0.3) is 0 Å². The zero-order valence-electron chi connectivity index (χ0n) is 11.1. The first-order valence-electron chi connectivity index (χ1n) is 6.36. The summed E-state index contributed by atoms with van der Waals surface area (Å²) in [4.78, 5) is 11.2. The fourth-order valence-corrected chi connectivity index (χ4v) is 1.47. The molecule has 4 nitrogen and oxygen atoms in total. The summed E-state index contributed by atoms with van der Waals surface area (Å²) in [6, 6.07) is 10.3.